The SMILES string of the molecule is NC(=O)CCC(NC1=C(Cl)C(=O)c2ccccc2C1=O)C(=O)O. The van der Waals surface area contributed by atoms with Gasteiger partial charge in [-0.2, -0.15) is 0 Å². The Bertz CT molecular complexity index is 741. The van der Waals surface area contributed by atoms with Crippen LogP contribution in [-0.4, -0.2) is 34.6 Å². The van der Waals surface area contributed by atoms with E-state index in [-0.39, 0.29) is 34.7 Å². The highest BCUT2D eigenvalue weighted by molar-refractivity contribution is 6.49. The van der Waals surface area contributed by atoms with Gasteiger partial charge in [0.15, 0.2) is 0 Å². The molecule has 1 aromatic carbocycles. The number of rotatable bonds is 6. The van der Waals surface area contributed by atoms with Gasteiger partial charge in [-0.1, -0.05) is 35.9 Å². The van der Waals surface area contributed by atoms with E-state index in [1.54, 1.807) is 12.1 Å². The molecule has 0 heterocycles. The molecule has 120 valence electrons. The van der Waals surface area contributed by atoms with Crippen LogP contribution in [0.3, 0.4) is 0 Å². The van der Waals surface area contributed by atoms with Crippen molar-refractivity contribution in [1.82, 2.24) is 5.32 Å². The van der Waals surface area contributed by atoms with Crippen LogP contribution in [-0.2, 0) is 9.59 Å². The molecular formula is C15H13ClN2O5. The van der Waals surface area contributed by atoms with Crippen molar-refractivity contribution in [3.05, 3.63) is 46.1 Å². The van der Waals surface area contributed by atoms with Crippen LogP contribution >= 0.6 is 11.6 Å². The van der Waals surface area contributed by atoms with Gasteiger partial charge in [0.2, 0.25) is 17.5 Å². The molecular weight excluding hydrogens is 324 g/mol. The number of Topliss-reactive ketones (excluding diaryl/α,β-unsaturated/α-hetero) is 2. The van der Waals surface area contributed by atoms with E-state index in [0.29, 0.717) is 0 Å². The zero-order valence-corrected chi connectivity index (χ0v) is 12.6. The topological polar surface area (TPSA) is 127 Å². The quantitative estimate of drug-likeness (QED) is 0.706. The van der Waals surface area contributed by atoms with Gasteiger partial charge in [0.05, 0.1) is 0 Å². The van der Waals surface area contributed by atoms with Gasteiger partial charge in [0.25, 0.3) is 0 Å². The van der Waals surface area contributed by atoms with Crippen LogP contribution in [0.25, 0.3) is 0 Å². The first-order valence-corrected chi connectivity index (χ1v) is 7.06. The third-order valence-electron chi connectivity index (χ3n) is 3.36. The molecule has 23 heavy (non-hydrogen) atoms. The number of hydrogen-bond acceptors (Lipinski definition) is 5. The molecule has 1 aliphatic carbocycles. The van der Waals surface area contributed by atoms with Crippen molar-refractivity contribution >= 4 is 35.0 Å². The Morgan fingerprint density at radius 1 is 1.17 bits per heavy atom. The molecule has 0 fully saturated rings. The Hall–Kier alpha value is -2.67. The van der Waals surface area contributed by atoms with Crippen molar-refractivity contribution in [1.29, 1.82) is 0 Å². The summed E-state index contributed by atoms with van der Waals surface area (Å²) in [7, 11) is 0. The van der Waals surface area contributed by atoms with E-state index >= 15 is 0 Å². The average molecular weight is 337 g/mol. The number of nitrogens with one attached hydrogen (secondary N) is 1. The summed E-state index contributed by atoms with van der Waals surface area (Å²) in [5.41, 5.74) is 5.02. The number of hydrogen-bond donors (Lipinski definition) is 3. The average Bonchev–Trinajstić information content (AvgIpc) is 2.51. The summed E-state index contributed by atoms with van der Waals surface area (Å²) in [5.74, 6) is -3.10. The standard InChI is InChI=1S/C15H13ClN2O5/c16-11-12(18-9(15(22)23)5-6-10(17)19)14(21)8-4-2-1-3-7(8)13(11)20/h1-4,9,18H,5-6H2,(H2,17,19)(H,22,23). The van der Waals surface area contributed by atoms with Crippen molar-refractivity contribution in [3.63, 3.8) is 0 Å². The first-order chi connectivity index (χ1) is 10.8. The molecule has 1 atom stereocenters. The molecule has 2 rings (SSSR count). The zero-order chi connectivity index (χ0) is 17.1. The highest BCUT2D eigenvalue weighted by atomic mass is 35.5. The maximum Gasteiger partial charge on any atom is 0.326 e. The van der Waals surface area contributed by atoms with Gasteiger partial charge in [0, 0.05) is 17.5 Å². The summed E-state index contributed by atoms with van der Waals surface area (Å²) >= 11 is 5.93. The normalized spacial score (nSPS) is 15.2. The number of fused-ring (bicyclic) bond motifs is 1. The third-order valence-corrected chi connectivity index (χ3v) is 3.72. The number of benzene rings is 1. The van der Waals surface area contributed by atoms with E-state index in [0.717, 1.165) is 0 Å². The Morgan fingerprint density at radius 2 is 1.74 bits per heavy atom. The summed E-state index contributed by atoms with van der Waals surface area (Å²) < 4.78 is 0. The summed E-state index contributed by atoms with van der Waals surface area (Å²) in [6.07, 6.45) is -0.324. The van der Waals surface area contributed by atoms with Crippen molar-refractivity contribution in [2.45, 2.75) is 18.9 Å². The maximum absolute atomic E-state index is 12.4. The minimum absolute atomic E-state index is 0.137. The second kappa shape index (κ2) is 6.62. The Balaban J connectivity index is 2.32. The number of primary amides is 1. The molecule has 0 aliphatic heterocycles. The minimum atomic E-state index is -1.29. The third kappa shape index (κ3) is 3.40. The molecule has 8 heteroatoms. The smallest absolute Gasteiger partial charge is 0.326 e. The molecule has 0 bridgehead atoms. The summed E-state index contributed by atoms with van der Waals surface area (Å²) in [6, 6.07) is 4.84. The van der Waals surface area contributed by atoms with E-state index in [1.165, 1.54) is 12.1 Å². The van der Waals surface area contributed by atoms with Gasteiger partial charge in [-0.05, 0) is 6.42 Å². The first-order valence-electron chi connectivity index (χ1n) is 6.68. The van der Waals surface area contributed by atoms with E-state index in [4.69, 9.17) is 17.3 Å². The Labute approximate surface area is 136 Å². The predicted octanol–water partition coefficient (Wildman–Crippen LogP) is 0.824. The van der Waals surface area contributed by atoms with E-state index in [2.05, 4.69) is 5.32 Å². The molecule has 0 spiro atoms. The highest BCUT2D eigenvalue weighted by Crippen LogP contribution is 2.27. The number of allylic oxidation sites excluding steroid dienone is 2. The lowest BCUT2D eigenvalue weighted by Crippen LogP contribution is -2.41. The van der Waals surface area contributed by atoms with Crippen molar-refractivity contribution in [3.8, 4) is 0 Å². The van der Waals surface area contributed by atoms with Gasteiger partial charge in [0.1, 0.15) is 16.8 Å². The van der Waals surface area contributed by atoms with Crippen LogP contribution in [0.5, 0.6) is 0 Å². The van der Waals surface area contributed by atoms with Gasteiger partial charge in [-0.15, -0.1) is 0 Å². The van der Waals surface area contributed by atoms with Crippen LogP contribution in [0.15, 0.2) is 35.0 Å². The van der Waals surface area contributed by atoms with Gasteiger partial charge < -0.3 is 16.2 Å². The van der Waals surface area contributed by atoms with Crippen LogP contribution < -0.4 is 11.1 Å². The molecule has 1 unspecified atom stereocenters. The number of ketones is 2. The summed E-state index contributed by atoms with van der Waals surface area (Å²) in [5, 5.41) is 11.2. The number of aliphatic carboxylic acids is 1. The maximum atomic E-state index is 12.4. The number of carboxylic acids is 1. The van der Waals surface area contributed by atoms with Gasteiger partial charge >= 0.3 is 5.97 Å². The molecule has 0 saturated heterocycles. The fourth-order valence-electron chi connectivity index (χ4n) is 2.19. The van der Waals surface area contributed by atoms with Crippen molar-refractivity contribution in [2.75, 3.05) is 0 Å². The molecule has 1 aliphatic rings. The first kappa shape index (κ1) is 16.7. The number of carboxylic acid groups (broad SMARTS) is 1. The summed E-state index contributed by atoms with van der Waals surface area (Å²) in [6.45, 7) is 0. The number of halogens is 1. The monoisotopic (exact) mass is 336 g/mol. The minimum Gasteiger partial charge on any atom is -0.480 e. The highest BCUT2D eigenvalue weighted by Gasteiger charge is 2.33. The van der Waals surface area contributed by atoms with Crippen LogP contribution in [0.4, 0.5) is 0 Å². The number of nitrogens with two attached hydrogens (primary N) is 1. The van der Waals surface area contributed by atoms with Crippen molar-refractivity contribution < 1.29 is 24.3 Å². The zero-order valence-electron chi connectivity index (χ0n) is 11.8. The fraction of sp³-hybridized carbons (Fsp3) is 0.200. The molecule has 1 amide bonds. The van der Waals surface area contributed by atoms with E-state index in [9.17, 15) is 24.3 Å². The van der Waals surface area contributed by atoms with Gasteiger partial charge in [-0.25, -0.2) is 4.79 Å². The number of carbonyl (C=O) groups is 4. The second-order valence-electron chi connectivity index (χ2n) is 4.93. The van der Waals surface area contributed by atoms with Gasteiger partial charge in [-0.3, -0.25) is 14.4 Å². The lowest BCUT2D eigenvalue weighted by atomic mass is 9.92. The largest absolute Gasteiger partial charge is 0.480 e. The lowest BCUT2D eigenvalue weighted by Gasteiger charge is -2.22. The number of carbonyl (C=O) groups excluding carboxylic acids is 3. The Kier molecular flexibility index (Phi) is 4.80. The van der Waals surface area contributed by atoms with E-state index < -0.39 is 29.5 Å². The molecule has 0 aromatic heterocycles. The van der Waals surface area contributed by atoms with Crippen molar-refractivity contribution in [2.24, 2.45) is 5.73 Å². The molecule has 1 aromatic rings. The van der Waals surface area contributed by atoms with Crippen LogP contribution in [0.2, 0.25) is 0 Å². The number of amides is 1. The van der Waals surface area contributed by atoms with Crippen LogP contribution in [0, 0.1) is 0 Å². The molecule has 0 saturated carbocycles. The molecule has 4 N–H and O–H groups in total. The predicted molar refractivity (Wildman–Crippen MR) is 81.0 cm³/mol. The molecule has 7 nitrogen and oxygen atoms in total. The fourth-order valence-corrected chi connectivity index (χ4v) is 2.43. The van der Waals surface area contributed by atoms with Crippen LogP contribution in [0.1, 0.15) is 33.6 Å². The van der Waals surface area contributed by atoms with E-state index in [1.807, 2.05) is 0 Å². The lowest BCUT2D eigenvalue weighted by molar-refractivity contribution is -0.139. The molecule has 0 radical (unpaired) electrons. The second-order valence-corrected chi connectivity index (χ2v) is 5.31. The summed E-state index contributed by atoms with van der Waals surface area (Å²) in [4.78, 5) is 46.7. The Morgan fingerprint density at radius 3 is 2.26 bits per heavy atom.